The van der Waals surface area contributed by atoms with Gasteiger partial charge < -0.3 is 4.74 Å². The molecular formula is C12H15FO. The Labute approximate surface area is 83.9 Å². The molecule has 0 N–H and O–H groups in total. The molecule has 0 spiro atoms. The van der Waals surface area contributed by atoms with Crippen molar-refractivity contribution in [3.63, 3.8) is 0 Å². The van der Waals surface area contributed by atoms with Crippen LogP contribution in [0, 0.1) is 0 Å². The van der Waals surface area contributed by atoms with Crippen molar-refractivity contribution < 1.29 is 9.13 Å². The van der Waals surface area contributed by atoms with Gasteiger partial charge in [-0.1, -0.05) is 26.0 Å². The highest BCUT2D eigenvalue weighted by molar-refractivity contribution is 5.42. The van der Waals surface area contributed by atoms with Crippen LogP contribution in [0.1, 0.15) is 37.8 Å². The monoisotopic (exact) mass is 194 g/mol. The summed E-state index contributed by atoms with van der Waals surface area (Å²) in [6, 6.07) is 5.92. The van der Waals surface area contributed by atoms with Gasteiger partial charge in [-0.05, 0) is 17.5 Å². The summed E-state index contributed by atoms with van der Waals surface area (Å²) in [4.78, 5) is 0. The molecule has 76 valence electrons. The van der Waals surface area contributed by atoms with Crippen LogP contribution in [0.15, 0.2) is 18.2 Å². The molecule has 0 fully saturated rings. The number of hydrogen-bond donors (Lipinski definition) is 0. The lowest BCUT2D eigenvalue weighted by molar-refractivity contribution is -0.0234. The zero-order valence-electron chi connectivity index (χ0n) is 8.80. The van der Waals surface area contributed by atoms with Crippen molar-refractivity contribution in [2.75, 3.05) is 0 Å². The zero-order valence-corrected chi connectivity index (χ0v) is 8.80. The molecule has 0 aliphatic carbocycles. The van der Waals surface area contributed by atoms with E-state index in [2.05, 4.69) is 13.8 Å². The molecule has 1 nitrogen and oxygen atoms in total. The summed E-state index contributed by atoms with van der Waals surface area (Å²) in [7, 11) is 0. The van der Waals surface area contributed by atoms with Crippen molar-refractivity contribution in [2.45, 2.75) is 39.0 Å². The number of alkyl halides is 1. The van der Waals surface area contributed by atoms with E-state index in [1.54, 1.807) is 0 Å². The normalized spacial score (nSPS) is 24.9. The van der Waals surface area contributed by atoms with Crippen LogP contribution in [0.4, 0.5) is 4.39 Å². The van der Waals surface area contributed by atoms with Crippen molar-refractivity contribution in [1.29, 1.82) is 0 Å². The van der Waals surface area contributed by atoms with Crippen LogP contribution >= 0.6 is 0 Å². The van der Waals surface area contributed by atoms with Crippen LogP contribution in [-0.2, 0) is 6.42 Å². The van der Waals surface area contributed by atoms with Gasteiger partial charge in [0.05, 0.1) is 0 Å². The van der Waals surface area contributed by atoms with Gasteiger partial charge in [0, 0.05) is 18.9 Å². The van der Waals surface area contributed by atoms with E-state index in [0.717, 1.165) is 5.56 Å². The maximum Gasteiger partial charge on any atom is 0.249 e. The fraction of sp³-hybridized carbons (Fsp3) is 0.500. The number of benzene rings is 1. The molecule has 1 heterocycles. The maximum absolute atomic E-state index is 13.5. The molecule has 0 amide bonds. The van der Waals surface area contributed by atoms with Gasteiger partial charge in [0.15, 0.2) is 0 Å². The van der Waals surface area contributed by atoms with Gasteiger partial charge in [0.1, 0.15) is 5.75 Å². The molecule has 2 rings (SSSR count). The molecule has 0 saturated heterocycles. The van der Waals surface area contributed by atoms with Crippen LogP contribution < -0.4 is 4.74 Å². The molecule has 0 aromatic heterocycles. The first-order valence-corrected chi connectivity index (χ1v) is 4.99. The second kappa shape index (κ2) is 2.97. The standard InChI is InChI=1S/C12H15FO/c1-8(2)9-4-5-11-10(6-9)7-12(3,13)14-11/h4-6,8H,7H2,1-3H3. The van der Waals surface area contributed by atoms with Crippen LogP contribution in [0.2, 0.25) is 0 Å². The van der Waals surface area contributed by atoms with Gasteiger partial charge in [-0.15, -0.1) is 0 Å². The predicted molar refractivity (Wildman–Crippen MR) is 54.4 cm³/mol. The van der Waals surface area contributed by atoms with E-state index >= 15 is 0 Å². The van der Waals surface area contributed by atoms with E-state index in [1.165, 1.54) is 12.5 Å². The molecule has 1 aliphatic rings. The second-order valence-corrected chi connectivity index (χ2v) is 4.40. The maximum atomic E-state index is 13.5. The minimum absolute atomic E-state index is 0.364. The smallest absolute Gasteiger partial charge is 0.249 e. The minimum Gasteiger partial charge on any atom is -0.458 e. The first-order valence-electron chi connectivity index (χ1n) is 4.99. The van der Waals surface area contributed by atoms with Crippen molar-refractivity contribution >= 4 is 0 Å². The lowest BCUT2D eigenvalue weighted by Crippen LogP contribution is -2.22. The number of fused-ring (bicyclic) bond motifs is 1. The Morgan fingerprint density at radius 1 is 1.43 bits per heavy atom. The molecule has 1 unspecified atom stereocenters. The average Bonchev–Trinajstić information content (AvgIpc) is 2.36. The Balaban J connectivity index is 2.36. The molecule has 1 aromatic carbocycles. The summed E-state index contributed by atoms with van der Waals surface area (Å²) in [6.45, 7) is 5.74. The number of ether oxygens (including phenoxy) is 1. The first kappa shape index (κ1) is 9.50. The largest absolute Gasteiger partial charge is 0.458 e. The highest BCUT2D eigenvalue weighted by Crippen LogP contribution is 2.37. The first-order chi connectivity index (χ1) is 6.48. The molecular weight excluding hydrogens is 179 g/mol. The summed E-state index contributed by atoms with van der Waals surface area (Å²) in [5.41, 5.74) is 2.23. The minimum atomic E-state index is -1.52. The molecule has 1 aliphatic heterocycles. The summed E-state index contributed by atoms with van der Waals surface area (Å²) in [5, 5.41) is 0. The topological polar surface area (TPSA) is 9.23 Å². The van der Waals surface area contributed by atoms with Crippen molar-refractivity contribution in [3.05, 3.63) is 29.3 Å². The van der Waals surface area contributed by atoms with Crippen molar-refractivity contribution in [1.82, 2.24) is 0 Å². The zero-order chi connectivity index (χ0) is 10.3. The third-order valence-corrected chi connectivity index (χ3v) is 2.58. The molecule has 1 aromatic rings. The molecule has 0 radical (unpaired) electrons. The fourth-order valence-electron chi connectivity index (χ4n) is 1.80. The Morgan fingerprint density at radius 2 is 2.14 bits per heavy atom. The van der Waals surface area contributed by atoms with Crippen molar-refractivity contribution in [3.8, 4) is 5.75 Å². The Kier molecular flexibility index (Phi) is 2.02. The van der Waals surface area contributed by atoms with E-state index < -0.39 is 5.85 Å². The van der Waals surface area contributed by atoms with E-state index in [9.17, 15) is 4.39 Å². The van der Waals surface area contributed by atoms with E-state index in [1.807, 2.05) is 18.2 Å². The number of halogens is 1. The van der Waals surface area contributed by atoms with Crippen LogP contribution in [0.5, 0.6) is 5.75 Å². The van der Waals surface area contributed by atoms with Crippen LogP contribution in [0.25, 0.3) is 0 Å². The Morgan fingerprint density at radius 3 is 2.79 bits per heavy atom. The van der Waals surface area contributed by atoms with Gasteiger partial charge in [-0.25, -0.2) is 0 Å². The average molecular weight is 194 g/mol. The summed E-state index contributed by atoms with van der Waals surface area (Å²) in [6.07, 6.45) is 0.364. The quantitative estimate of drug-likeness (QED) is 0.665. The van der Waals surface area contributed by atoms with Gasteiger partial charge >= 0.3 is 0 Å². The summed E-state index contributed by atoms with van der Waals surface area (Å²) in [5.74, 6) is -0.344. The van der Waals surface area contributed by atoms with E-state index in [-0.39, 0.29) is 0 Å². The molecule has 2 heteroatoms. The van der Waals surface area contributed by atoms with Crippen molar-refractivity contribution in [2.24, 2.45) is 0 Å². The predicted octanol–water partition coefficient (Wildman–Crippen LogP) is 3.43. The van der Waals surface area contributed by atoms with Gasteiger partial charge in [0.2, 0.25) is 5.85 Å². The molecule has 1 atom stereocenters. The molecule has 0 saturated carbocycles. The molecule has 14 heavy (non-hydrogen) atoms. The summed E-state index contributed by atoms with van der Waals surface area (Å²) >= 11 is 0. The lowest BCUT2D eigenvalue weighted by Gasteiger charge is -2.11. The summed E-state index contributed by atoms with van der Waals surface area (Å²) < 4.78 is 18.7. The van der Waals surface area contributed by atoms with Crippen LogP contribution in [-0.4, -0.2) is 5.85 Å². The van der Waals surface area contributed by atoms with Gasteiger partial charge in [-0.2, -0.15) is 4.39 Å². The van der Waals surface area contributed by atoms with Crippen LogP contribution in [0.3, 0.4) is 0 Å². The number of rotatable bonds is 1. The molecule has 0 bridgehead atoms. The Hall–Kier alpha value is -1.05. The SMILES string of the molecule is CC(C)c1ccc2c(c1)CC(C)(F)O2. The highest BCUT2D eigenvalue weighted by atomic mass is 19.2. The highest BCUT2D eigenvalue weighted by Gasteiger charge is 2.34. The van der Waals surface area contributed by atoms with Gasteiger partial charge in [-0.3, -0.25) is 0 Å². The van der Waals surface area contributed by atoms with Gasteiger partial charge in [0.25, 0.3) is 0 Å². The third-order valence-electron chi connectivity index (χ3n) is 2.58. The third kappa shape index (κ3) is 1.61. The second-order valence-electron chi connectivity index (χ2n) is 4.40. The fourth-order valence-corrected chi connectivity index (χ4v) is 1.80. The van der Waals surface area contributed by atoms with E-state index in [4.69, 9.17) is 4.74 Å². The lowest BCUT2D eigenvalue weighted by atomic mass is 9.99. The van der Waals surface area contributed by atoms with E-state index in [0.29, 0.717) is 18.1 Å². The number of hydrogen-bond acceptors (Lipinski definition) is 1. The Bertz CT molecular complexity index is 355.